The van der Waals surface area contributed by atoms with Crippen LogP contribution >= 0.6 is 15.9 Å². The molecule has 1 aromatic rings. The number of benzene rings is 1. The van der Waals surface area contributed by atoms with Crippen molar-refractivity contribution in [3.8, 4) is 0 Å². The van der Waals surface area contributed by atoms with Crippen molar-refractivity contribution in [2.45, 2.75) is 6.42 Å². The van der Waals surface area contributed by atoms with Crippen molar-refractivity contribution in [3.05, 3.63) is 52.0 Å². The summed E-state index contributed by atoms with van der Waals surface area (Å²) in [6.45, 7) is 0. The van der Waals surface area contributed by atoms with Crippen LogP contribution in [0.4, 0.5) is 4.39 Å². The van der Waals surface area contributed by atoms with Gasteiger partial charge in [0.15, 0.2) is 5.76 Å². The van der Waals surface area contributed by atoms with Gasteiger partial charge in [0.2, 0.25) is 5.78 Å². The maximum Gasteiger partial charge on any atom is 0.202 e. The van der Waals surface area contributed by atoms with Crippen molar-refractivity contribution in [2.75, 3.05) is 0 Å². The summed E-state index contributed by atoms with van der Waals surface area (Å²) in [6.07, 6.45) is 1.53. The standard InChI is InChI=1S/C12H8BrFO2/c13-10-6-12(16)11(15)5-9(10)7-1-3-8(14)4-2-7/h1-5,15H,6H2. The van der Waals surface area contributed by atoms with Gasteiger partial charge in [-0.15, -0.1) is 0 Å². The molecule has 1 aliphatic rings. The fraction of sp³-hybridized carbons (Fsp3) is 0.0833. The number of allylic oxidation sites excluding steroid dienone is 4. The zero-order valence-corrected chi connectivity index (χ0v) is 9.79. The van der Waals surface area contributed by atoms with Crippen molar-refractivity contribution < 1.29 is 14.3 Å². The van der Waals surface area contributed by atoms with Gasteiger partial charge in [-0.25, -0.2) is 4.39 Å². The summed E-state index contributed by atoms with van der Waals surface area (Å²) >= 11 is 3.29. The van der Waals surface area contributed by atoms with E-state index in [0.717, 1.165) is 5.56 Å². The number of aliphatic hydroxyl groups is 1. The molecule has 0 amide bonds. The van der Waals surface area contributed by atoms with Gasteiger partial charge in [-0.1, -0.05) is 28.1 Å². The Morgan fingerprint density at radius 1 is 1.25 bits per heavy atom. The molecular weight excluding hydrogens is 275 g/mol. The first kappa shape index (κ1) is 11.1. The van der Waals surface area contributed by atoms with Crippen LogP contribution in [0.3, 0.4) is 0 Å². The van der Waals surface area contributed by atoms with E-state index in [1.54, 1.807) is 12.1 Å². The fourth-order valence-electron chi connectivity index (χ4n) is 1.49. The van der Waals surface area contributed by atoms with E-state index in [0.29, 0.717) is 10.1 Å². The molecule has 82 valence electrons. The van der Waals surface area contributed by atoms with Gasteiger partial charge in [-0.05, 0) is 29.3 Å². The maximum absolute atomic E-state index is 12.7. The quantitative estimate of drug-likeness (QED) is 0.858. The number of halogens is 2. The first-order valence-corrected chi connectivity index (χ1v) is 5.45. The summed E-state index contributed by atoms with van der Waals surface area (Å²) in [5, 5.41) is 9.36. The Kier molecular flexibility index (Phi) is 2.92. The number of ketones is 1. The summed E-state index contributed by atoms with van der Waals surface area (Å²) in [5.41, 5.74) is 1.46. The van der Waals surface area contributed by atoms with Gasteiger partial charge in [-0.3, -0.25) is 4.79 Å². The fourth-order valence-corrected chi connectivity index (χ4v) is 2.09. The molecule has 0 heterocycles. The molecule has 2 nitrogen and oxygen atoms in total. The summed E-state index contributed by atoms with van der Waals surface area (Å²) in [6, 6.07) is 5.88. The summed E-state index contributed by atoms with van der Waals surface area (Å²) in [7, 11) is 0. The summed E-state index contributed by atoms with van der Waals surface area (Å²) in [4.78, 5) is 11.2. The van der Waals surface area contributed by atoms with Gasteiger partial charge in [-0.2, -0.15) is 0 Å². The number of Topliss-reactive ketones (excluding diaryl/α,β-unsaturated/α-hetero) is 1. The predicted molar refractivity (Wildman–Crippen MR) is 62.6 cm³/mol. The molecule has 0 atom stereocenters. The normalized spacial score (nSPS) is 16.4. The third-order valence-corrected chi connectivity index (χ3v) is 3.04. The molecule has 0 fully saturated rings. The molecule has 0 bridgehead atoms. The van der Waals surface area contributed by atoms with E-state index in [2.05, 4.69) is 15.9 Å². The number of carbonyl (C=O) groups is 1. The highest BCUT2D eigenvalue weighted by Gasteiger charge is 2.19. The van der Waals surface area contributed by atoms with Crippen LogP contribution in [-0.4, -0.2) is 10.9 Å². The van der Waals surface area contributed by atoms with Crippen LogP contribution in [-0.2, 0) is 4.79 Å². The number of hydrogen-bond donors (Lipinski definition) is 1. The minimum absolute atomic E-state index is 0.134. The van der Waals surface area contributed by atoms with Crippen LogP contribution in [0.1, 0.15) is 12.0 Å². The molecule has 1 aliphatic carbocycles. The molecule has 0 aliphatic heterocycles. The Hall–Kier alpha value is -1.42. The topological polar surface area (TPSA) is 37.3 Å². The van der Waals surface area contributed by atoms with Crippen molar-refractivity contribution in [1.29, 1.82) is 0 Å². The maximum atomic E-state index is 12.7. The molecule has 4 heteroatoms. The summed E-state index contributed by atoms with van der Waals surface area (Å²) < 4.78 is 13.4. The smallest absolute Gasteiger partial charge is 0.202 e. The lowest BCUT2D eigenvalue weighted by atomic mass is 9.98. The van der Waals surface area contributed by atoms with Crippen molar-refractivity contribution in [3.63, 3.8) is 0 Å². The monoisotopic (exact) mass is 282 g/mol. The van der Waals surface area contributed by atoms with E-state index in [4.69, 9.17) is 0 Å². The molecule has 0 unspecified atom stereocenters. The molecule has 0 saturated heterocycles. The first-order chi connectivity index (χ1) is 7.58. The number of aliphatic hydroxyl groups excluding tert-OH is 1. The molecule has 1 N–H and O–H groups in total. The lowest BCUT2D eigenvalue weighted by molar-refractivity contribution is -0.117. The lowest BCUT2D eigenvalue weighted by Gasteiger charge is -2.12. The van der Waals surface area contributed by atoms with Crippen LogP contribution in [0, 0.1) is 5.82 Å². The largest absolute Gasteiger partial charge is 0.504 e. The second kappa shape index (κ2) is 4.22. The van der Waals surface area contributed by atoms with Crippen LogP contribution in [0.5, 0.6) is 0 Å². The minimum Gasteiger partial charge on any atom is -0.504 e. The van der Waals surface area contributed by atoms with Crippen molar-refractivity contribution in [1.82, 2.24) is 0 Å². The SMILES string of the molecule is O=C1CC(Br)=C(c2ccc(F)cc2)C=C1O. The lowest BCUT2D eigenvalue weighted by Crippen LogP contribution is -2.07. The van der Waals surface area contributed by atoms with E-state index in [1.165, 1.54) is 18.2 Å². The summed E-state index contributed by atoms with van der Waals surface area (Å²) in [5.74, 6) is -0.902. The van der Waals surface area contributed by atoms with Crippen LogP contribution in [0.25, 0.3) is 5.57 Å². The Morgan fingerprint density at radius 3 is 2.50 bits per heavy atom. The highest BCUT2D eigenvalue weighted by Crippen LogP contribution is 2.31. The van der Waals surface area contributed by atoms with Gasteiger partial charge in [0, 0.05) is 10.9 Å². The number of hydrogen-bond acceptors (Lipinski definition) is 2. The second-order valence-corrected chi connectivity index (χ2v) is 4.41. The Balaban J connectivity index is 2.45. The van der Waals surface area contributed by atoms with Gasteiger partial charge in [0.05, 0.1) is 0 Å². The molecule has 0 aromatic heterocycles. The highest BCUT2D eigenvalue weighted by molar-refractivity contribution is 9.11. The second-order valence-electron chi connectivity index (χ2n) is 3.45. The van der Waals surface area contributed by atoms with Gasteiger partial charge in [0.1, 0.15) is 5.82 Å². The Bertz CT molecular complexity index is 500. The van der Waals surface area contributed by atoms with Gasteiger partial charge >= 0.3 is 0 Å². The predicted octanol–water partition coefficient (Wildman–Crippen LogP) is 3.35. The van der Waals surface area contributed by atoms with Crippen molar-refractivity contribution in [2.24, 2.45) is 0 Å². The molecule has 1 aromatic carbocycles. The molecule has 0 radical (unpaired) electrons. The third-order valence-electron chi connectivity index (χ3n) is 2.33. The van der Waals surface area contributed by atoms with Crippen LogP contribution in [0.2, 0.25) is 0 Å². The molecule has 0 saturated carbocycles. The molecule has 0 spiro atoms. The van der Waals surface area contributed by atoms with E-state index in [-0.39, 0.29) is 23.8 Å². The third kappa shape index (κ3) is 2.07. The van der Waals surface area contributed by atoms with E-state index < -0.39 is 0 Å². The first-order valence-electron chi connectivity index (χ1n) is 4.66. The number of rotatable bonds is 1. The average molecular weight is 283 g/mol. The zero-order chi connectivity index (χ0) is 11.7. The van der Waals surface area contributed by atoms with E-state index in [9.17, 15) is 14.3 Å². The van der Waals surface area contributed by atoms with E-state index in [1.807, 2.05) is 0 Å². The molecule has 2 rings (SSSR count). The van der Waals surface area contributed by atoms with E-state index >= 15 is 0 Å². The van der Waals surface area contributed by atoms with Gasteiger partial charge < -0.3 is 5.11 Å². The number of carbonyl (C=O) groups excluding carboxylic acids is 1. The zero-order valence-electron chi connectivity index (χ0n) is 8.21. The van der Waals surface area contributed by atoms with Crippen molar-refractivity contribution >= 4 is 27.3 Å². The van der Waals surface area contributed by atoms with Gasteiger partial charge in [0.25, 0.3) is 0 Å². The van der Waals surface area contributed by atoms with Crippen LogP contribution < -0.4 is 0 Å². The molecular formula is C12H8BrFO2. The Labute approximate surface area is 100 Å². The minimum atomic E-state index is -0.322. The molecule has 16 heavy (non-hydrogen) atoms. The Morgan fingerprint density at radius 2 is 1.88 bits per heavy atom. The average Bonchev–Trinajstić information content (AvgIpc) is 2.25. The highest BCUT2D eigenvalue weighted by atomic mass is 79.9. The van der Waals surface area contributed by atoms with Crippen LogP contribution in [0.15, 0.2) is 40.6 Å².